The summed E-state index contributed by atoms with van der Waals surface area (Å²) in [6, 6.07) is 8.58. The van der Waals surface area contributed by atoms with Gasteiger partial charge in [-0.25, -0.2) is 8.42 Å². The largest absolute Gasteiger partial charge is 0.243 e. The summed E-state index contributed by atoms with van der Waals surface area (Å²) in [4.78, 5) is 0.363. The minimum absolute atomic E-state index is 0.274. The maximum Gasteiger partial charge on any atom is 0.243 e. The third kappa shape index (κ3) is 1.49. The monoisotopic (exact) mass is 261 g/mol. The molecule has 0 unspecified atom stereocenters. The number of benzene rings is 1. The van der Waals surface area contributed by atoms with Crippen molar-refractivity contribution in [2.45, 2.75) is 4.90 Å². The molecule has 0 radical (unpaired) electrons. The Labute approximate surface area is 107 Å². The fraction of sp³-hybridized carbons (Fsp3) is 0.286. The Hall–Kier alpha value is -1.39. The number of nitrogens with zero attached hydrogens (tertiary/aromatic N) is 1. The van der Waals surface area contributed by atoms with Gasteiger partial charge >= 0.3 is 0 Å². The number of rotatable bonds is 2. The number of hydrogen-bond donors (Lipinski definition) is 0. The van der Waals surface area contributed by atoms with Gasteiger partial charge in [-0.1, -0.05) is 31.4 Å². The highest BCUT2D eigenvalue weighted by molar-refractivity contribution is 7.89. The van der Waals surface area contributed by atoms with Crippen molar-refractivity contribution >= 4 is 10.0 Å². The first-order valence-electron chi connectivity index (χ1n) is 5.95. The third-order valence-electron chi connectivity index (χ3n) is 3.97. The first kappa shape index (κ1) is 11.7. The van der Waals surface area contributed by atoms with Gasteiger partial charge in [-0.05, 0) is 23.3 Å². The van der Waals surface area contributed by atoms with Gasteiger partial charge in [-0.2, -0.15) is 4.31 Å². The molecule has 0 bridgehead atoms. The first-order chi connectivity index (χ1) is 8.51. The molecule has 3 nitrogen and oxygen atoms in total. The van der Waals surface area contributed by atoms with Crippen molar-refractivity contribution in [1.29, 1.82) is 0 Å². The Morgan fingerprint density at radius 3 is 2.00 bits per heavy atom. The smallest absolute Gasteiger partial charge is 0.207 e. The third-order valence-corrected chi connectivity index (χ3v) is 5.82. The molecule has 2 atom stereocenters. The summed E-state index contributed by atoms with van der Waals surface area (Å²) >= 11 is 0. The molecule has 18 heavy (non-hydrogen) atoms. The predicted octanol–water partition coefficient (Wildman–Crippen LogP) is 2.05. The van der Waals surface area contributed by atoms with Gasteiger partial charge in [0.1, 0.15) is 0 Å². The van der Waals surface area contributed by atoms with E-state index in [9.17, 15) is 8.42 Å². The van der Waals surface area contributed by atoms with Gasteiger partial charge in [0.25, 0.3) is 0 Å². The van der Waals surface area contributed by atoms with Crippen molar-refractivity contribution in [1.82, 2.24) is 4.31 Å². The van der Waals surface area contributed by atoms with E-state index in [1.165, 1.54) is 0 Å². The van der Waals surface area contributed by atoms with E-state index in [4.69, 9.17) is 0 Å². The Balaban J connectivity index is 1.90. The molecule has 1 saturated carbocycles. The van der Waals surface area contributed by atoms with E-state index in [-0.39, 0.29) is 11.8 Å². The molecule has 1 saturated heterocycles. The van der Waals surface area contributed by atoms with Crippen molar-refractivity contribution in [3.63, 3.8) is 0 Å². The average molecular weight is 261 g/mol. The molecule has 94 valence electrons. The Morgan fingerprint density at radius 2 is 1.50 bits per heavy atom. The fourth-order valence-corrected chi connectivity index (χ4v) is 4.30. The lowest BCUT2D eigenvalue weighted by Gasteiger charge is -2.34. The van der Waals surface area contributed by atoms with Crippen molar-refractivity contribution in [2.75, 3.05) is 13.1 Å². The van der Waals surface area contributed by atoms with Gasteiger partial charge in [-0.15, -0.1) is 0 Å². The van der Waals surface area contributed by atoms with E-state index in [0.29, 0.717) is 18.0 Å². The number of sulfonamides is 1. The molecule has 0 aromatic heterocycles. The minimum atomic E-state index is -3.36. The van der Waals surface area contributed by atoms with Crippen LogP contribution in [0.15, 0.2) is 59.5 Å². The van der Waals surface area contributed by atoms with Gasteiger partial charge in [0.05, 0.1) is 4.90 Å². The molecule has 2 aliphatic rings. The van der Waals surface area contributed by atoms with E-state index in [2.05, 4.69) is 13.2 Å². The second kappa shape index (κ2) is 3.80. The topological polar surface area (TPSA) is 37.4 Å². The fourth-order valence-electron chi connectivity index (χ4n) is 2.79. The first-order valence-corrected chi connectivity index (χ1v) is 7.39. The van der Waals surface area contributed by atoms with E-state index >= 15 is 0 Å². The zero-order valence-electron chi connectivity index (χ0n) is 10.0. The zero-order chi connectivity index (χ0) is 12.9. The maximum absolute atomic E-state index is 12.4. The van der Waals surface area contributed by atoms with E-state index < -0.39 is 10.0 Å². The van der Waals surface area contributed by atoms with Crippen LogP contribution in [-0.2, 0) is 10.0 Å². The van der Waals surface area contributed by atoms with Crippen LogP contribution in [0, 0.1) is 11.8 Å². The SMILES string of the molecule is C=C1C(=C)[C@@H]2CN(S(=O)(=O)c3ccccc3)C[C@H]12. The van der Waals surface area contributed by atoms with Gasteiger partial charge in [0, 0.05) is 24.9 Å². The van der Waals surface area contributed by atoms with Crippen LogP contribution in [0.4, 0.5) is 0 Å². The second-order valence-electron chi connectivity index (χ2n) is 4.90. The van der Waals surface area contributed by atoms with Crippen LogP contribution in [0.2, 0.25) is 0 Å². The zero-order valence-corrected chi connectivity index (χ0v) is 10.9. The van der Waals surface area contributed by atoms with Gasteiger partial charge in [0.2, 0.25) is 10.0 Å². The Morgan fingerprint density at radius 1 is 1.00 bits per heavy atom. The van der Waals surface area contributed by atoms with Crippen LogP contribution < -0.4 is 0 Å². The summed E-state index contributed by atoms with van der Waals surface area (Å²) < 4.78 is 26.4. The van der Waals surface area contributed by atoms with Gasteiger partial charge < -0.3 is 0 Å². The van der Waals surface area contributed by atoms with Crippen LogP contribution in [0.1, 0.15) is 0 Å². The van der Waals surface area contributed by atoms with E-state index in [1.807, 2.05) is 6.07 Å². The van der Waals surface area contributed by atoms with Crippen LogP contribution >= 0.6 is 0 Å². The maximum atomic E-state index is 12.4. The Bertz CT molecular complexity index is 596. The summed E-state index contributed by atoms with van der Waals surface area (Å²) in [6.07, 6.45) is 0. The lowest BCUT2D eigenvalue weighted by atomic mass is 9.68. The normalized spacial score (nSPS) is 28.0. The molecule has 0 N–H and O–H groups in total. The van der Waals surface area contributed by atoms with Crippen LogP contribution in [-0.4, -0.2) is 25.8 Å². The molecule has 3 rings (SSSR count). The van der Waals surface area contributed by atoms with Crippen molar-refractivity contribution < 1.29 is 8.42 Å². The van der Waals surface area contributed by atoms with Crippen molar-refractivity contribution in [3.05, 3.63) is 54.6 Å². The molecule has 1 aliphatic carbocycles. The molecule has 1 aromatic rings. The van der Waals surface area contributed by atoms with Crippen LogP contribution in [0.3, 0.4) is 0 Å². The standard InChI is InChI=1S/C14H15NO2S/c1-10-11(2)14-9-15(8-13(10)14)18(16,17)12-6-4-3-5-7-12/h3-7,13-14H,1-2,8-9H2/t13-,14+. The highest BCUT2D eigenvalue weighted by atomic mass is 32.2. The van der Waals surface area contributed by atoms with E-state index in [0.717, 1.165) is 11.1 Å². The van der Waals surface area contributed by atoms with Gasteiger partial charge in [-0.3, -0.25) is 0 Å². The number of hydrogen-bond acceptors (Lipinski definition) is 2. The van der Waals surface area contributed by atoms with Crippen molar-refractivity contribution in [2.24, 2.45) is 11.8 Å². The van der Waals surface area contributed by atoms with E-state index in [1.54, 1.807) is 28.6 Å². The van der Waals surface area contributed by atoms with Crippen molar-refractivity contribution in [3.8, 4) is 0 Å². The molecule has 1 aliphatic heterocycles. The molecule has 0 amide bonds. The Kier molecular flexibility index (Phi) is 2.47. The summed E-state index contributed by atoms with van der Waals surface area (Å²) in [7, 11) is -3.36. The highest BCUT2D eigenvalue weighted by Crippen LogP contribution is 2.48. The molecule has 4 heteroatoms. The summed E-state index contributed by atoms with van der Waals surface area (Å²) in [5.41, 5.74) is 2.04. The lowest BCUT2D eigenvalue weighted by Crippen LogP contribution is -2.29. The molecular formula is C14H15NO2S. The van der Waals surface area contributed by atoms with Crippen LogP contribution in [0.25, 0.3) is 0 Å². The highest BCUT2D eigenvalue weighted by Gasteiger charge is 2.48. The molecule has 0 spiro atoms. The molecule has 1 heterocycles. The van der Waals surface area contributed by atoms with Gasteiger partial charge in [0.15, 0.2) is 0 Å². The number of fused-ring (bicyclic) bond motifs is 1. The minimum Gasteiger partial charge on any atom is -0.207 e. The quantitative estimate of drug-likeness (QED) is 0.817. The molecular weight excluding hydrogens is 246 g/mol. The second-order valence-corrected chi connectivity index (χ2v) is 6.84. The molecule has 2 fully saturated rings. The average Bonchev–Trinajstić information content (AvgIpc) is 2.81. The summed E-state index contributed by atoms with van der Waals surface area (Å²) in [6.45, 7) is 8.99. The summed E-state index contributed by atoms with van der Waals surface area (Å²) in [5, 5.41) is 0. The van der Waals surface area contributed by atoms with Crippen LogP contribution in [0.5, 0.6) is 0 Å². The summed E-state index contributed by atoms with van der Waals surface area (Å²) in [5.74, 6) is 0.548. The molecule has 1 aromatic carbocycles. The predicted molar refractivity (Wildman–Crippen MR) is 70.5 cm³/mol. The lowest BCUT2D eigenvalue weighted by molar-refractivity contribution is 0.466.